The van der Waals surface area contributed by atoms with Crippen molar-refractivity contribution in [1.29, 1.82) is 5.26 Å². The van der Waals surface area contributed by atoms with Gasteiger partial charge in [-0.05, 0) is 25.8 Å². The summed E-state index contributed by atoms with van der Waals surface area (Å²) in [5, 5.41) is 12.1. The molecule has 1 N–H and O–H groups in total. The van der Waals surface area contributed by atoms with E-state index in [-0.39, 0.29) is 5.91 Å². The highest BCUT2D eigenvalue weighted by Gasteiger charge is 2.17. The zero-order valence-electron chi connectivity index (χ0n) is 11.9. The first-order valence-electron chi connectivity index (χ1n) is 7.15. The van der Waals surface area contributed by atoms with Crippen LogP contribution in [-0.2, 0) is 9.53 Å². The smallest absolute Gasteiger partial charge is 0.222 e. The molecule has 1 atom stereocenters. The maximum atomic E-state index is 12.1. The number of carbonyl (C=O) groups is 1. The van der Waals surface area contributed by atoms with Gasteiger partial charge in [0.05, 0.1) is 19.1 Å². The molecule has 0 aromatic carbocycles. The van der Waals surface area contributed by atoms with E-state index in [0.717, 1.165) is 13.0 Å². The lowest BCUT2D eigenvalue weighted by molar-refractivity contribution is -0.132. The largest absolute Gasteiger partial charge is 0.383 e. The fraction of sp³-hybridized carbons (Fsp3) is 0.857. The number of nitriles is 1. The Labute approximate surface area is 115 Å². The number of hydrogen-bond acceptors (Lipinski definition) is 4. The van der Waals surface area contributed by atoms with Crippen LogP contribution in [0.2, 0.25) is 0 Å². The summed E-state index contributed by atoms with van der Waals surface area (Å²) >= 11 is 0. The molecular weight excluding hydrogens is 242 g/mol. The number of piperidine rings is 1. The van der Waals surface area contributed by atoms with Crippen LogP contribution in [0.5, 0.6) is 0 Å². The van der Waals surface area contributed by atoms with Crippen LogP contribution in [0.15, 0.2) is 0 Å². The summed E-state index contributed by atoms with van der Waals surface area (Å²) in [4.78, 5) is 13.9. The Hall–Kier alpha value is -1.12. The minimum Gasteiger partial charge on any atom is -0.383 e. The molecule has 1 heterocycles. The zero-order valence-corrected chi connectivity index (χ0v) is 11.9. The van der Waals surface area contributed by atoms with Crippen molar-refractivity contribution in [3.63, 3.8) is 0 Å². The van der Waals surface area contributed by atoms with Gasteiger partial charge in [0.1, 0.15) is 0 Å². The highest BCUT2D eigenvalue weighted by atomic mass is 16.5. The van der Waals surface area contributed by atoms with Gasteiger partial charge in [-0.15, -0.1) is 0 Å². The van der Waals surface area contributed by atoms with Crippen molar-refractivity contribution in [1.82, 2.24) is 10.2 Å². The molecule has 1 fully saturated rings. The molecule has 1 saturated heterocycles. The van der Waals surface area contributed by atoms with Crippen molar-refractivity contribution in [2.75, 3.05) is 33.4 Å². The van der Waals surface area contributed by atoms with E-state index in [1.807, 2.05) is 0 Å². The predicted molar refractivity (Wildman–Crippen MR) is 73.6 cm³/mol. The molecule has 0 saturated carbocycles. The molecule has 1 amide bonds. The molecule has 1 aliphatic rings. The Kier molecular flexibility index (Phi) is 8.19. The zero-order chi connectivity index (χ0) is 13.9. The van der Waals surface area contributed by atoms with Crippen molar-refractivity contribution < 1.29 is 9.53 Å². The van der Waals surface area contributed by atoms with E-state index in [0.29, 0.717) is 38.6 Å². The number of methoxy groups -OCH3 is 1. The number of carbonyl (C=O) groups excluding carboxylic acids is 1. The summed E-state index contributed by atoms with van der Waals surface area (Å²) in [5.74, 6) is 0.139. The number of hydrogen-bond donors (Lipinski definition) is 1. The summed E-state index contributed by atoms with van der Waals surface area (Å²) in [6.45, 7) is 2.69. The highest BCUT2D eigenvalue weighted by Crippen LogP contribution is 2.12. The molecular formula is C14H25N3O2. The van der Waals surface area contributed by atoms with Gasteiger partial charge in [-0.25, -0.2) is 0 Å². The van der Waals surface area contributed by atoms with Crippen LogP contribution in [0.3, 0.4) is 0 Å². The Morgan fingerprint density at radius 2 is 2.32 bits per heavy atom. The van der Waals surface area contributed by atoms with Crippen LogP contribution >= 0.6 is 0 Å². The van der Waals surface area contributed by atoms with Gasteiger partial charge in [-0.3, -0.25) is 4.79 Å². The molecule has 0 aliphatic carbocycles. The monoisotopic (exact) mass is 267 g/mol. The Balaban J connectivity index is 2.30. The summed E-state index contributed by atoms with van der Waals surface area (Å²) < 4.78 is 5.01. The molecule has 1 aliphatic heterocycles. The van der Waals surface area contributed by atoms with Gasteiger partial charge in [0.15, 0.2) is 0 Å². The molecule has 0 aromatic heterocycles. The fourth-order valence-corrected chi connectivity index (χ4v) is 2.37. The number of ether oxygens (including phenoxy) is 1. The number of nitrogens with zero attached hydrogens (tertiary/aromatic N) is 2. The maximum Gasteiger partial charge on any atom is 0.222 e. The van der Waals surface area contributed by atoms with E-state index in [2.05, 4.69) is 11.4 Å². The van der Waals surface area contributed by atoms with Crippen LogP contribution in [0.4, 0.5) is 0 Å². The molecule has 0 bridgehead atoms. The van der Waals surface area contributed by atoms with E-state index in [1.54, 1.807) is 12.0 Å². The summed E-state index contributed by atoms with van der Waals surface area (Å²) in [5.41, 5.74) is 0. The number of nitrogens with one attached hydrogen (secondary N) is 1. The van der Waals surface area contributed by atoms with Crippen molar-refractivity contribution in [3.8, 4) is 6.07 Å². The van der Waals surface area contributed by atoms with E-state index in [1.165, 1.54) is 19.3 Å². The molecule has 1 rings (SSSR count). The Morgan fingerprint density at radius 1 is 1.47 bits per heavy atom. The van der Waals surface area contributed by atoms with Gasteiger partial charge >= 0.3 is 0 Å². The topological polar surface area (TPSA) is 65.4 Å². The van der Waals surface area contributed by atoms with Crippen LogP contribution < -0.4 is 5.32 Å². The van der Waals surface area contributed by atoms with Gasteiger partial charge in [-0.2, -0.15) is 5.26 Å². The van der Waals surface area contributed by atoms with E-state index < -0.39 is 0 Å². The Bertz CT molecular complexity index is 296. The number of rotatable bonds is 8. The maximum absolute atomic E-state index is 12.1. The summed E-state index contributed by atoms with van der Waals surface area (Å²) in [6.07, 6.45) is 5.52. The van der Waals surface area contributed by atoms with Gasteiger partial charge in [0, 0.05) is 32.7 Å². The molecule has 0 spiro atoms. The standard InChI is InChI=1S/C14H25N3O2/c1-19-12-11-17(10-4-8-15)14(18)7-6-13-5-2-3-9-16-13/h13,16H,2-7,9-12H2,1H3. The molecule has 19 heavy (non-hydrogen) atoms. The first kappa shape index (κ1) is 15.9. The Morgan fingerprint density at radius 3 is 2.95 bits per heavy atom. The average molecular weight is 267 g/mol. The molecule has 5 heteroatoms. The second-order valence-corrected chi connectivity index (χ2v) is 4.97. The second kappa shape index (κ2) is 9.76. The van der Waals surface area contributed by atoms with E-state index in [4.69, 9.17) is 10.00 Å². The molecule has 1 unspecified atom stereocenters. The van der Waals surface area contributed by atoms with Crippen LogP contribution in [0.25, 0.3) is 0 Å². The molecule has 0 aromatic rings. The lowest BCUT2D eigenvalue weighted by atomic mass is 10.0. The third kappa shape index (κ3) is 6.55. The van der Waals surface area contributed by atoms with E-state index in [9.17, 15) is 4.79 Å². The summed E-state index contributed by atoms with van der Waals surface area (Å²) in [7, 11) is 1.62. The van der Waals surface area contributed by atoms with Gasteiger partial charge < -0.3 is 15.0 Å². The van der Waals surface area contributed by atoms with Gasteiger partial charge in [0.25, 0.3) is 0 Å². The van der Waals surface area contributed by atoms with E-state index >= 15 is 0 Å². The first-order chi connectivity index (χ1) is 9.27. The van der Waals surface area contributed by atoms with Crippen molar-refractivity contribution in [3.05, 3.63) is 0 Å². The SMILES string of the molecule is COCCN(CCC#N)C(=O)CCC1CCCCN1. The quantitative estimate of drug-likeness (QED) is 0.720. The normalized spacial score (nSPS) is 18.8. The first-order valence-corrected chi connectivity index (χ1v) is 7.15. The number of amides is 1. The van der Waals surface area contributed by atoms with Crippen molar-refractivity contribution >= 4 is 5.91 Å². The minimum absolute atomic E-state index is 0.139. The van der Waals surface area contributed by atoms with Crippen LogP contribution in [-0.4, -0.2) is 50.2 Å². The molecule has 5 nitrogen and oxygen atoms in total. The summed E-state index contributed by atoms with van der Waals surface area (Å²) in [6, 6.07) is 2.57. The third-order valence-corrected chi connectivity index (χ3v) is 3.53. The lowest BCUT2D eigenvalue weighted by Gasteiger charge is -2.25. The van der Waals surface area contributed by atoms with Crippen molar-refractivity contribution in [2.45, 2.75) is 44.6 Å². The lowest BCUT2D eigenvalue weighted by Crippen LogP contribution is -2.38. The predicted octanol–water partition coefficient (Wildman–Crippen LogP) is 1.30. The molecule has 0 radical (unpaired) electrons. The van der Waals surface area contributed by atoms with Crippen LogP contribution in [0.1, 0.15) is 38.5 Å². The highest BCUT2D eigenvalue weighted by molar-refractivity contribution is 5.76. The van der Waals surface area contributed by atoms with Gasteiger partial charge in [0.2, 0.25) is 5.91 Å². The minimum atomic E-state index is 0.139. The third-order valence-electron chi connectivity index (χ3n) is 3.53. The fourth-order valence-electron chi connectivity index (χ4n) is 2.37. The second-order valence-electron chi connectivity index (χ2n) is 4.97. The van der Waals surface area contributed by atoms with Crippen molar-refractivity contribution in [2.24, 2.45) is 0 Å². The molecule has 108 valence electrons. The van der Waals surface area contributed by atoms with Crippen LogP contribution in [0, 0.1) is 11.3 Å². The van der Waals surface area contributed by atoms with Gasteiger partial charge in [-0.1, -0.05) is 6.42 Å². The average Bonchev–Trinajstić information content (AvgIpc) is 2.46.